The molecule has 1 N–H and O–H groups in total. The number of aliphatic hydroxyl groups excluding tert-OH is 1. The molecule has 3 heterocycles. The van der Waals surface area contributed by atoms with Crippen LogP contribution in [0.5, 0.6) is 5.75 Å². The first-order chi connectivity index (χ1) is 15.9. The highest BCUT2D eigenvalue weighted by Crippen LogP contribution is 2.45. The average Bonchev–Trinajstić information content (AvgIpc) is 3.52. The van der Waals surface area contributed by atoms with E-state index in [9.17, 15) is 14.7 Å². The maximum absolute atomic E-state index is 13.7. The van der Waals surface area contributed by atoms with Crippen molar-refractivity contribution in [3.05, 3.63) is 92.5 Å². The number of furan rings is 1. The molecule has 1 atom stereocenters. The van der Waals surface area contributed by atoms with Crippen LogP contribution in [-0.2, 0) is 4.79 Å². The molecule has 6 nitrogen and oxygen atoms in total. The normalized spacial score (nSPS) is 16.2. The second-order valence-electron chi connectivity index (χ2n) is 7.61. The number of Topliss-reactive ketones (excluding diaryl/α,β-unsaturated/α-hetero) is 1. The average molecular weight is 480 g/mol. The van der Waals surface area contributed by atoms with Gasteiger partial charge in [0, 0.05) is 27.0 Å². The molecule has 0 saturated heterocycles. The van der Waals surface area contributed by atoms with E-state index >= 15 is 0 Å². The number of anilines is 1. The van der Waals surface area contributed by atoms with Crippen LogP contribution in [0.4, 0.5) is 5.69 Å². The van der Waals surface area contributed by atoms with Crippen LogP contribution >= 0.6 is 22.9 Å². The summed E-state index contributed by atoms with van der Waals surface area (Å²) >= 11 is 7.55. The highest BCUT2D eigenvalue weighted by Gasteiger charge is 2.46. The van der Waals surface area contributed by atoms with Crippen molar-refractivity contribution in [1.29, 1.82) is 0 Å². The van der Waals surface area contributed by atoms with Crippen molar-refractivity contribution in [2.24, 2.45) is 0 Å². The lowest BCUT2D eigenvalue weighted by molar-refractivity contribution is -0.117. The Morgan fingerprint density at radius 2 is 1.97 bits per heavy atom. The largest absolute Gasteiger partial charge is 0.503 e. The van der Waals surface area contributed by atoms with Gasteiger partial charge in [0.2, 0.25) is 5.78 Å². The van der Waals surface area contributed by atoms with E-state index in [2.05, 4.69) is 0 Å². The van der Waals surface area contributed by atoms with Gasteiger partial charge in [0.25, 0.3) is 5.91 Å². The number of hydrogen-bond acceptors (Lipinski definition) is 6. The molecule has 1 amide bonds. The number of ether oxygens (including phenoxy) is 1. The predicted octanol–water partition coefficient (Wildman–Crippen LogP) is 6.25. The third kappa shape index (κ3) is 3.41. The topological polar surface area (TPSA) is 80.0 Å². The molecule has 1 aliphatic rings. The van der Waals surface area contributed by atoms with Gasteiger partial charge in [0.05, 0.1) is 12.7 Å². The Labute approximate surface area is 198 Å². The van der Waals surface area contributed by atoms with Gasteiger partial charge in [-0.05, 0) is 42.1 Å². The van der Waals surface area contributed by atoms with Crippen molar-refractivity contribution in [1.82, 2.24) is 0 Å². The fourth-order valence-electron chi connectivity index (χ4n) is 4.12. The Balaban J connectivity index is 1.66. The number of rotatable bonds is 5. The van der Waals surface area contributed by atoms with Gasteiger partial charge in [-0.1, -0.05) is 35.9 Å². The molecule has 0 fully saturated rings. The summed E-state index contributed by atoms with van der Waals surface area (Å²) in [5, 5.41) is 13.8. The van der Waals surface area contributed by atoms with Crippen LogP contribution in [0.15, 0.2) is 75.7 Å². The number of carbonyl (C=O) groups is 2. The molecule has 0 bridgehead atoms. The SMILES string of the molecule is COc1cc(Cl)cc2cc(C(=O)C3=C(O)C(=O)N(c4ccccc4C)C3c3cccs3)oc12. The number of halogens is 1. The van der Waals surface area contributed by atoms with Crippen molar-refractivity contribution < 1.29 is 23.8 Å². The summed E-state index contributed by atoms with van der Waals surface area (Å²) in [4.78, 5) is 29.1. The van der Waals surface area contributed by atoms with Gasteiger partial charge in [-0.15, -0.1) is 11.3 Å². The van der Waals surface area contributed by atoms with Crippen LogP contribution in [0.25, 0.3) is 11.0 Å². The van der Waals surface area contributed by atoms with Crippen LogP contribution in [0.1, 0.15) is 27.0 Å². The van der Waals surface area contributed by atoms with E-state index in [1.807, 2.05) is 42.6 Å². The van der Waals surface area contributed by atoms with Gasteiger partial charge in [-0.2, -0.15) is 0 Å². The quantitative estimate of drug-likeness (QED) is 0.342. The van der Waals surface area contributed by atoms with Crippen LogP contribution < -0.4 is 9.64 Å². The number of methoxy groups -OCH3 is 1. The first-order valence-electron chi connectivity index (χ1n) is 10.1. The number of thiophene rings is 1. The van der Waals surface area contributed by atoms with E-state index < -0.39 is 23.5 Å². The van der Waals surface area contributed by atoms with E-state index in [-0.39, 0.29) is 11.3 Å². The van der Waals surface area contributed by atoms with Crippen molar-refractivity contribution in [3.63, 3.8) is 0 Å². The van der Waals surface area contributed by atoms with Crippen molar-refractivity contribution in [2.45, 2.75) is 13.0 Å². The molecule has 0 aliphatic carbocycles. The van der Waals surface area contributed by atoms with E-state index in [1.165, 1.54) is 23.3 Å². The Morgan fingerprint density at radius 3 is 2.67 bits per heavy atom. The minimum Gasteiger partial charge on any atom is -0.503 e. The molecule has 2 aromatic heterocycles. The van der Waals surface area contributed by atoms with Gasteiger partial charge < -0.3 is 14.3 Å². The van der Waals surface area contributed by atoms with Gasteiger partial charge in [0.1, 0.15) is 6.04 Å². The molecule has 8 heteroatoms. The molecule has 1 unspecified atom stereocenters. The molecule has 0 saturated carbocycles. The third-order valence-corrected chi connectivity index (χ3v) is 6.77. The molecule has 33 heavy (non-hydrogen) atoms. The number of nitrogens with zero attached hydrogens (tertiary/aromatic N) is 1. The Kier molecular flexibility index (Phi) is 5.23. The first kappa shape index (κ1) is 21.3. The molecular weight excluding hydrogens is 462 g/mol. The van der Waals surface area contributed by atoms with Crippen LogP contribution in [0, 0.1) is 6.92 Å². The number of para-hydroxylation sites is 1. The number of ketones is 1. The van der Waals surface area contributed by atoms with Crippen molar-refractivity contribution >= 4 is 51.3 Å². The summed E-state index contributed by atoms with van der Waals surface area (Å²) in [7, 11) is 1.48. The summed E-state index contributed by atoms with van der Waals surface area (Å²) in [6.07, 6.45) is 0. The van der Waals surface area contributed by atoms with E-state index in [1.54, 1.807) is 24.3 Å². The van der Waals surface area contributed by atoms with Gasteiger partial charge in [-0.25, -0.2) is 0 Å². The van der Waals surface area contributed by atoms with E-state index in [0.29, 0.717) is 27.4 Å². The zero-order valence-electron chi connectivity index (χ0n) is 17.7. The highest BCUT2D eigenvalue weighted by molar-refractivity contribution is 7.10. The van der Waals surface area contributed by atoms with Crippen LogP contribution in [-0.4, -0.2) is 23.9 Å². The minimum atomic E-state index is -0.787. The maximum Gasteiger partial charge on any atom is 0.294 e. The molecule has 4 aromatic rings. The monoisotopic (exact) mass is 479 g/mol. The lowest BCUT2D eigenvalue weighted by Crippen LogP contribution is -2.31. The fraction of sp³-hybridized carbons (Fsp3) is 0.120. The van der Waals surface area contributed by atoms with Crippen LogP contribution in [0.2, 0.25) is 5.02 Å². The summed E-state index contributed by atoms with van der Waals surface area (Å²) in [5.41, 5.74) is 1.79. The van der Waals surface area contributed by atoms with Crippen molar-refractivity contribution in [2.75, 3.05) is 12.0 Å². The lowest BCUT2D eigenvalue weighted by atomic mass is 9.99. The number of carbonyl (C=O) groups excluding carboxylic acids is 2. The minimum absolute atomic E-state index is 0.0203. The number of fused-ring (bicyclic) bond motifs is 1. The summed E-state index contributed by atoms with van der Waals surface area (Å²) in [6.45, 7) is 1.88. The predicted molar refractivity (Wildman–Crippen MR) is 127 cm³/mol. The molecule has 166 valence electrons. The molecule has 2 aromatic carbocycles. The Morgan fingerprint density at radius 1 is 1.18 bits per heavy atom. The van der Waals surface area contributed by atoms with Gasteiger partial charge in [-0.3, -0.25) is 14.5 Å². The Hall–Kier alpha value is -3.55. The second-order valence-corrected chi connectivity index (χ2v) is 9.02. The molecule has 0 spiro atoms. The summed E-state index contributed by atoms with van der Waals surface area (Å²) < 4.78 is 11.1. The lowest BCUT2D eigenvalue weighted by Gasteiger charge is -2.26. The smallest absolute Gasteiger partial charge is 0.294 e. The van der Waals surface area contributed by atoms with Crippen LogP contribution in [0.3, 0.4) is 0 Å². The summed E-state index contributed by atoms with van der Waals surface area (Å²) in [6, 6.07) is 15.0. The number of amides is 1. The van der Waals surface area contributed by atoms with E-state index in [4.69, 9.17) is 20.8 Å². The first-order valence-corrected chi connectivity index (χ1v) is 11.3. The van der Waals surface area contributed by atoms with Gasteiger partial charge >= 0.3 is 0 Å². The second kappa shape index (κ2) is 8.10. The highest BCUT2D eigenvalue weighted by atomic mass is 35.5. The fourth-order valence-corrected chi connectivity index (χ4v) is 5.16. The zero-order valence-corrected chi connectivity index (χ0v) is 19.2. The number of aliphatic hydroxyl groups is 1. The maximum atomic E-state index is 13.7. The molecular formula is C25H18ClNO5S. The Bertz CT molecular complexity index is 1440. The molecule has 0 radical (unpaired) electrons. The number of aryl methyl sites for hydroxylation is 1. The zero-order chi connectivity index (χ0) is 23.3. The summed E-state index contributed by atoms with van der Waals surface area (Å²) in [5.74, 6) is -1.44. The third-order valence-electron chi connectivity index (χ3n) is 5.63. The molecule has 5 rings (SSSR count). The standard InChI is InChI=1S/C25H18ClNO5S/c1-13-6-3-4-7-16(13)27-21(19-8-5-9-33-19)20(23(29)25(27)30)22(28)17-11-14-10-15(26)12-18(31-2)24(14)32-17/h3-12,21,29H,1-2H3. The van der Waals surface area contributed by atoms with Gasteiger partial charge in [0.15, 0.2) is 22.9 Å². The van der Waals surface area contributed by atoms with E-state index in [0.717, 1.165) is 10.4 Å². The number of hydrogen-bond donors (Lipinski definition) is 1. The molecule has 1 aliphatic heterocycles. The number of benzene rings is 2. The van der Waals surface area contributed by atoms with Crippen molar-refractivity contribution in [3.8, 4) is 5.75 Å².